The lowest BCUT2D eigenvalue weighted by Crippen LogP contribution is -1.99. The minimum absolute atomic E-state index is 0.182. The van der Waals surface area contributed by atoms with Gasteiger partial charge in [0.25, 0.3) is 0 Å². The van der Waals surface area contributed by atoms with Gasteiger partial charge in [0, 0.05) is 19.4 Å². The van der Waals surface area contributed by atoms with E-state index in [9.17, 15) is 4.79 Å². The molecule has 0 spiro atoms. The van der Waals surface area contributed by atoms with Crippen molar-refractivity contribution in [2.75, 3.05) is 6.61 Å². The zero-order valence-electron chi connectivity index (χ0n) is 13.0. The number of aryl methyl sites for hydroxylation is 2. The van der Waals surface area contributed by atoms with Gasteiger partial charge in [0.15, 0.2) is 0 Å². The first-order valence-electron chi connectivity index (χ1n) is 7.03. The summed E-state index contributed by atoms with van der Waals surface area (Å²) in [7, 11) is 0. The van der Waals surface area contributed by atoms with Crippen LogP contribution in [0.3, 0.4) is 0 Å². The van der Waals surface area contributed by atoms with Crippen LogP contribution in [0.2, 0.25) is 0 Å². The van der Waals surface area contributed by atoms with Gasteiger partial charge >= 0.3 is 5.97 Å². The van der Waals surface area contributed by atoms with Crippen LogP contribution in [-0.4, -0.2) is 22.7 Å². The highest BCUT2D eigenvalue weighted by molar-refractivity contribution is 5.65. The topological polar surface area (TPSA) is 65.2 Å². The zero-order valence-corrected chi connectivity index (χ0v) is 13.0. The van der Waals surface area contributed by atoms with Gasteiger partial charge in [-0.2, -0.15) is 4.98 Å². The third kappa shape index (κ3) is 6.70. The molecule has 5 heteroatoms. The molecule has 0 aliphatic rings. The van der Waals surface area contributed by atoms with Gasteiger partial charge in [0.05, 0.1) is 6.61 Å². The van der Waals surface area contributed by atoms with Gasteiger partial charge in [-0.3, -0.25) is 4.79 Å². The Kier molecular flexibility index (Phi) is 7.15. The highest BCUT2D eigenvalue weighted by Crippen LogP contribution is 2.16. The van der Waals surface area contributed by atoms with Crippen molar-refractivity contribution in [2.24, 2.45) is 0 Å². The fraction of sp³-hybridized carbons (Fsp3) is 0.438. The molecular weight excluding hydrogens is 268 g/mol. The lowest BCUT2D eigenvalue weighted by atomic mass is 10.1. The molecular formula is C16H22N2O3. The summed E-state index contributed by atoms with van der Waals surface area (Å²) in [5, 5.41) is 3.84. The fourth-order valence-electron chi connectivity index (χ4n) is 1.56. The maximum atomic E-state index is 10.1. The molecule has 0 atom stereocenters. The van der Waals surface area contributed by atoms with Crippen molar-refractivity contribution in [3.05, 3.63) is 35.7 Å². The molecule has 0 N–H and O–H groups in total. The van der Waals surface area contributed by atoms with E-state index in [2.05, 4.69) is 21.8 Å². The SMILES string of the molecule is CCCCOC(C)=O.Cc1cccc(-c2noc(C)n2)c1. The molecule has 0 radical (unpaired) electrons. The predicted octanol–water partition coefficient (Wildman–Crippen LogP) is 3.70. The van der Waals surface area contributed by atoms with E-state index in [-0.39, 0.29) is 5.97 Å². The normalized spacial score (nSPS) is 9.71. The van der Waals surface area contributed by atoms with Crippen LogP contribution in [0.4, 0.5) is 0 Å². The number of benzene rings is 1. The Hall–Kier alpha value is -2.17. The first kappa shape index (κ1) is 16.9. The standard InChI is InChI=1S/C10H10N2O.C6H12O2/c1-7-4-3-5-9(6-7)10-11-8(2)13-12-10;1-3-4-5-8-6(2)7/h3-6H,1-2H3;3-5H2,1-2H3. The van der Waals surface area contributed by atoms with Gasteiger partial charge in [-0.1, -0.05) is 42.3 Å². The summed E-state index contributed by atoms with van der Waals surface area (Å²) in [4.78, 5) is 14.2. The minimum atomic E-state index is -0.182. The molecule has 0 fully saturated rings. The van der Waals surface area contributed by atoms with Crippen LogP contribution in [0, 0.1) is 13.8 Å². The smallest absolute Gasteiger partial charge is 0.302 e. The summed E-state index contributed by atoms with van der Waals surface area (Å²) >= 11 is 0. The number of nitrogens with zero attached hydrogens (tertiary/aromatic N) is 2. The van der Waals surface area contributed by atoms with Gasteiger partial charge < -0.3 is 9.26 Å². The first-order valence-corrected chi connectivity index (χ1v) is 7.03. The van der Waals surface area contributed by atoms with Gasteiger partial charge in [-0.05, 0) is 19.4 Å². The molecule has 1 aromatic heterocycles. The number of carbonyl (C=O) groups excluding carboxylic acids is 1. The average molecular weight is 290 g/mol. The number of carbonyl (C=O) groups is 1. The van der Waals surface area contributed by atoms with Crippen LogP contribution in [0.5, 0.6) is 0 Å². The van der Waals surface area contributed by atoms with Crippen molar-refractivity contribution >= 4 is 5.97 Å². The Balaban J connectivity index is 0.000000240. The molecule has 0 amide bonds. The molecule has 1 heterocycles. The van der Waals surface area contributed by atoms with E-state index in [1.54, 1.807) is 6.92 Å². The third-order valence-corrected chi connectivity index (χ3v) is 2.61. The van der Waals surface area contributed by atoms with Crippen LogP contribution in [0.15, 0.2) is 28.8 Å². The quantitative estimate of drug-likeness (QED) is 0.634. The van der Waals surface area contributed by atoms with E-state index < -0.39 is 0 Å². The van der Waals surface area contributed by atoms with Crippen LogP contribution >= 0.6 is 0 Å². The minimum Gasteiger partial charge on any atom is -0.466 e. The predicted molar refractivity (Wildman–Crippen MR) is 80.7 cm³/mol. The highest BCUT2D eigenvalue weighted by atomic mass is 16.5. The summed E-state index contributed by atoms with van der Waals surface area (Å²) in [5.74, 6) is 1.07. The number of ether oxygens (including phenoxy) is 1. The number of hydrogen-bond donors (Lipinski definition) is 0. The van der Waals surface area contributed by atoms with E-state index in [1.165, 1.54) is 12.5 Å². The Morgan fingerprint density at radius 2 is 2.10 bits per heavy atom. The fourth-order valence-corrected chi connectivity index (χ4v) is 1.56. The van der Waals surface area contributed by atoms with Crippen LogP contribution in [-0.2, 0) is 9.53 Å². The molecule has 21 heavy (non-hydrogen) atoms. The summed E-state index contributed by atoms with van der Waals surface area (Å²) in [6.07, 6.45) is 2.05. The molecule has 0 unspecified atom stereocenters. The number of hydrogen-bond acceptors (Lipinski definition) is 5. The maximum Gasteiger partial charge on any atom is 0.302 e. The second-order valence-electron chi connectivity index (χ2n) is 4.70. The average Bonchev–Trinajstić information content (AvgIpc) is 2.86. The van der Waals surface area contributed by atoms with Crippen molar-refractivity contribution in [2.45, 2.75) is 40.5 Å². The van der Waals surface area contributed by atoms with E-state index in [1.807, 2.05) is 31.2 Å². The molecule has 5 nitrogen and oxygen atoms in total. The van der Waals surface area contributed by atoms with Crippen molar-refractivity contribution in [3.8, 4) is 11.4 Å². The molecule has 0 saturated heterocycles. The molecule has 0 aliphatic heterocycles. The third-order valence-electron chi connectivity index (χ3n) is 2.61. The van der Waals surface area contributed by atoms with E-state index in [4.69, 9.17) is 4.52 Å². The maximum absolute atomic E-state index is 10.1. The highest BCUT2D eigenvalue weighted by Gasteiger charge is 2.04. The lowest BCUT2D eigenvalue weighted by molar-refractivity contribution is -0.141. The van der Waals surface area contributed by atoms with Gasteiger partial charge in [0.2, 0.25) is 11.7 Å². The van der Waals surface area contributed by atoms with Gasteiger partial charge in [-0.25, -0.2) is 0 Å². The van der Waals surface area contributed by atoms with Crippen molar-refractivity contribution < 1.29 is 14.1 Å². The zero-order chi connectivity index (χ0) is 15.7. The molecule has 1 aromatic carbocycles. The summed E-state index contributed by atoms with van der Waals surface area (Å²) in [6, 6.07) is 8.02. The number of rotatable bonds is 4. The van der Waals surface area contributed by atoms with Crippen molar-refractivity contribution in [1.82, 2.24) is 10.1 Å². The second kappa shape index (κ2) is 8.89. The van der Waals surface area contributed by atoms with Crippen LogP contribution in [0.25, 0.3) is 11.4 Å². The molecule has 0 bridgehead atoms. The Morgan fingerprint density at radius 1 is 1.33 bits per heavy atom. The molecule has 114 valence electrons. The van der Waals surface area contributed by atoms with Crippen LogP contribution in [0.1, 0.15) is 38.1 Å². The first-order chi connectivity index (χ1) is 10.0. The molecule has 2 aromatic rings. The van der Waals surface area contributed by atoms with Gasteiger partial charge in [0.1, 0.15) is 0 Å². The summed E-state index contributed by atoms with van der Waals surface area (Å²) in [5.41, 5.74) is 2.19. The Labute approximate surface area is 125 Å². The monoisotopic (exact) mass is 290 g/mol. The van der Waals surface area contributed by atoms with Crippen molar-refractivity contribution in [3.63, 3.8) is 0 Å². The summed E-state index contributed by atoms with van der Waals surface area (Å²) < 4.78 is 9.54. The molecule has 0 saturated carbocycles. The summed E-state index contributed by atoms with van der Waals surface area (Å²) in [6.45, 7) is 7.88. The van der Waals surface area contributed by atoms with Crippen LogP contribution < -0.4 is 0 Å². The molecule has 0 aliphatic carbocycles. The number of esters is 1. The van der Waals surface area contributed by atoms with E-state index in [0.29, 0.717) is 18.3 Å². The number of aromatic nitrogens is 2. The van der Waals surface area contributed by atoms with E-state index >= 15 is 0 Å². The van der Waals surface area contributed by atoms with Crippen molar-refractivity contribution in [1.29, 1.82) is 0 Å². The molecule has 2 rings (SSSR count). The largest absolute Gasteiger partial charge is 0.466 e. The van der Waals surface area contributed by atoms with Gasteiger partial charge in [-0.15, -0.1) is 0 Å². The van der Waals surface area contributed by atoms with E-state index in [0.717, 1.165) is 18.4 Å². The lowest BCUT2D eigenvalue weighted by Gasteiger charge is -1.96. The number of unbranched alkanes of at least 4 members (excludes halogenated alkanes) is 1. The Morgan fingerprint density at radius 3 is 2.62 bits per heavy atom. The second-order valence-corrected chi connectivity index (χ2v) is 4.70. The Bertz CT molecular complexity index is 564.